The maximum atomic E-state index is 11.8. The monoisotopic (exact) mass is 263 g/mol. The first-order valence-electron chi connectivity index (χ1n) is 6.38. The first-order chi connectivity index (χ1) is 9.15. The molecule has 0 aromatic heterocycles. The number of piperazine rings is 1. The third-order valence-electron chi connectivity index (χ3n) is 3.14. The molecule has 102 valence electrons. The molecule has 0 radical (unpaired) electrons. The highest BCUT2D eigenvalue weighted by Gasteiger charge is 2.19. The maximum Gasteiger partial charge on any atom is 0.336 e. The zero-order valence-electron chi connectivity index (χ0n) is 11.0. The first-order valence-corrected chi connectivity index (χ1v) is 6.38. The summed E-state index contributed by atoms with van der Waals surface area (Å²) in [5.74, 6) is -0.391. The molecule has 1 fully saturated rings. The van der Waals surface area contributed by atoms with Crippen molar-refractivity contribution in [2.45, 2.75) is 0 Å². The number of imide groups is 1. The maximum absolute atomic E-state index is 11.8. The predicted octanol–water partition coefficient (Wildman–Crippen LogP) is -1.13. The second-order valence-electron chi connectivity index (χ2n) is 4.71. The van der Waals surface area contributed by atoms with Crippen molar-refractivity contribution in [3.05, 3.63) is 35.9 Å². The van der Waals surface area contributed by atoms with Crippen LogP contribution >= 0.6 is 0 Å². The van der Waals surface area contributed by atoms with E-state index < -0.39 is 11.9 Å². The van der Waals surface area contributed by atoms with Gasteiger partial charge in [0.15, 0.2) is 0 Å². The molecule has 3 N–H and O–H groups in total. The van der Waals surface area contributed by atoms with E-state index in [1.807, 2.05) is 11.1 Å². The van der Waals surface area contributed by atoms with Crippen molar-refractivity contribution in [2.75, 3.05) is 33.2 Å². The number of carbonyl (C=O) groups is 2. The topological polar surface area (TPSA) is 65.9 Å². The molecule has 2 rings (SSSR count). The second kappa shape index (κ2) is 6.31. The zero-order valence-corrected chi connectivity index (χ0v) is 11.0. The van der Waals surface area contributed by atoms with Crippen molar-refractivity contribution in [1.82, 2.24) is 15.8 Å². The van der Waals surface area contributed by atoms with Gasteiger partial charge in [-0.15, -0.1) is 0 Å². The molecule has 0 saturated carbocycles. The quantitative estimate of drug-likeness (QED) is 0.633. The van der Waals surface area contributed by atoms with Gasteiger partial charge in [-0.2, -0.15) is 0 Å². The van der Waals surface area contributed by atoms with Crippen molar-refractivity contribution in [2.24, 2.45) is 0 Å². The Bertz CT molecular complexity index is 441. The summed E-state index contributed by atoms with van der Waals surface area (Å²) >= 11 is 0. The molecule has 3 amide bonds. The molecule has 19 heavy (non-hydrogen) atoms. The van der Waals surface area contributed by atoms with E-state index in [2.05, 4.69) is 17.8 Å². The number of amides is 3. The number of benzene rings is 1. The molecule has 6 nitrogen and oxygen atoms in total. The molecule has 0 unspecified atom stereocenters. The van der Waals surface area contributed by atoms with Crippen LogP contribution in [0.2, 0.25) is 0 Å². The van der Waals surface area contributed by atoms with Gasteiger partial charge in [0.2, 0.25) is 0 Å². The van der Waals surface area contributed by atoms with E-state index in [1.54, 1.807) is 24.3 Å². The highest BCUT2D eigenvalue weighted by molar-refractivity contribution is 6.04. The number of carbonyl (C=O) groups excluding carboxylic acids is 2. The molecular weight excluding hydrogens is 244 g/mol. The Balaban J connectivity index is 1.80. The largest absolute Gasteiger partial charge is 0.336 e. The van der Waals surface area contributed by atoms with Crippen molar-refractivity contribution >= 4 is 11.9 Å². The summed E-state index contributed by atoms with van der Waals surface area (Å²) in [7, 11) is 2.12. The molecule has 1 aromatic carbocycles. The molecule has 0 atom stereocenters. The van der Waals surface area contributed by atoms with Crippen LogP contribution in [0.25, 0.3) is 0 Å². The fourth-order valence-corrected chi connectivity index (χ4v) is 1.94. The molecule has 1 aliphatic rings. The number of urea groups is 1. The molecule has 0 aliphatic carbocycles. The Morgan fingerprint density at radius 1 is 1.16 bits per heavy atom. The number of hydrazine groups is 1. The smallest absolute Gasteiger partial charge is 0.335 e. The lowest BCUT2D eigenvalue weighted by Gasteiger charge is -2.29. The van der Waals surface area contributed by atoms with Gasteiger partial charge in [-0.05, 0) is 12.1 Å². The minimum Gasteiger partial charge on any atom is -0.335 e. The predicted molar refractivity (Wildman–Crippen MR) is 70.6 cm³/mol. The average Bonchev–Trinajstić information content (AvgIpc) is 2.42. The number of likely N-dealkylation sites (N-methyl/N-ethyl adjacent to an activating group) is 1. The van der Waals surface area contributed by atoms with E-state index in [4.69, 9.17) is 0 Å². The van der Waals surface area contributed by atoms with Crippen LogP contribution < -0.4 is 15.6 Å². The first kappa shape index (κ1) is 13.5. The molecule has 0 bridgehead atoms. The molecular formula is C13H19N4O2+. The lowest BCUT2D eigenvalue weighted by molar-refractivity contribution is -0.884. The molecule has 1 aliphatic heterocycles. The Morgan fingerprint density at radius 3 is 2.42 bits per heavy atom. The number of hydrogen-bond donors (Lipinski definition) is 3. The van der Waals surface area contributed by atoms with Gasteiger partial charge in [-0.1, -0.05) is 18.2 Å². The summed E-state index contributed by atoms with van der Waals surface area (Å²) in [5.41, 5.74) is 3.16. The van der Waals surface area contributed by atoms with Crippen molar-refractivity contribution in [3.8, 4) is 0 Å². The number of hydrogen-bond acceptors (Lipinski definition) is 3. The van der Waals surface area contributed by atoms with Gasteiger partial charge in [0.25, 0.3) is 5.91 Å². The third kappa shape index (κ3) is 4.04. The van der Waals surface area contributed by atoms with Gasteiger partial charge in [0.1, 0.15) is 0 Å². The van der Waals surface area contributed by atoms with Crippen molar-refractivity contribution in [3.63, 3.8) is 0 Å². The molecule has 1 saturated heterocycles. The van der Waals surface area contributed by atoms with E-state index in [-0.39, 0.29) is 0 Å². The minimum absolute atomic E-state index is 0.391. The van der Waals surface area contributed by atoms with Gasteiger partial charge in [0.05, 0.1) is 33.2 Å². The van der Waals surface area contributed by atoms with E-state index >= 15 is 0 Å². The Labute approximate surface area is 112 Å². The van der Waals surface area contributed by atoms with E-state index in [0.717, 1.165) is 26.2 Å². The highest BCUT2D eigenvalue weighted by atomic mass is 16.2. The fraction of sp³-hybridized carbons (Fsp3) is 0.385. The van der Waals surface area contributed by atoms with Crippen LogP contribution in [0.15, 0.2) is 30.3 Å². The number of rotatable bonds is 2. The summed E-state index contributed by atoms with van der Waals surface area (Å²) in [6.07, 6.45) is 0. The van der Waals surface area contributed by atoms with E-state index in [0.29, 0.717) is 5.56 Å². The second-order valence-corrected chi connectivity index (χ2v) is 4.71. The van der Waals surface area contributed by atoms with Crippen LogP contribution in [-0.2, 0) is 0 Å². The molecule has 1 heterocycles. The zero-order chi connectivity index (χ0) is 13.7. The van der Waals surface area contributed by atoms with Gasteiger partial charge in [0, 0.05) is 5.56 Å². The lowest BCUT2D eigenvalue weighted by atomic mass is 10.2. The average molecular weight is 263 g/mol. The number of nitrogens with one attached hydrogen (secondary N) is 3. The van der Waals surface area contributed by atoms with Crippen LogP contribution in [0, 0.1) is 0 Å². The summed E-state index contributed by atoms with van der Waals surface area (Å²) in [6, 6.07) is 8.20. The van der Waals surface area contributed by atoms with E-state index in [9.17, 15) is 9.59 Å². The van der Waals surface area contributed by atoms with Gasteiger partial charge in [-0.3, -0.25) is 15.5 Å². The minimum atomic E-state index is -0.478. The van der Waals surface area contributed by atoms with Gasteiger partial charge in [-0.25, -0.2) is 9.80 Å². The molecule has 6 heteroatoms. The molecule has 0 spiro atoms. The van der Waals surface area contributed by atoms with Crippen LogP contribution in [0.4, 0.5) is 4.79 Å². The highest BCUT2D eigenvalue weighted by Crippen LogP contribution is 1.97. The summed E-state index contributed by atoms with van der Waals surface area (Å²) < 4.78 is 0. The SMILES string of the molecule is C[NH+]1CCN(NC(=O)NC(=O)c2ccccc2)CC1. The number of quaternary nitrogens is 1. The summed E-state index contributed by atoms with van der Waals surface area (Å²) in [6.45, 7) is 3.54. The van der Waals surface area contributed by atoms with Gasteiger partial charge >= 0.3 is 6.03 Å². The normalized spacial score (nSPS) is 16.9. The Morgan fingerprint density at radius 2 is 1.79 bits per heavy atom. The Kier molecular flexibility index (Phi) is 4.48. The number of nitrogens with zero attached hydrogens (tertiary/aromatic N) is 1. The standard InChI is InChI=1S/C13H18N4O2/c1-16-7-9-17(10-8-16)15-13(19)14-12(18)11-5-3-2-4-6-11/h2-6H,7-10H2,1H3,(H2,14,15,18,19)/p+1. The fourth-order valence-electron chi connectivity index (χ4n) is 1.94. The van der Waals surface area contributed by atoms with Crippen LogP contribution in [0.1, 0.15) is 10.4 Å². The van der Waals surface area contributed by atoms with E-state index in [1.165, 1.54) is 4.90 Å². The van der Waals surface area contributed by atoms with Crippen LogP contribution in [0.5, 0.6) is 0 Å². The van der Waals surface area contributed by atoms with Crippen molar-refractivity contribution in [1.29, 1.82) is 0 Å². The van der Waals surface area contributed by atoms with Crippen LogP contribution in [0.3, 0.4) is 0 Å². The third-order valence-corrected chi connectivity index (χ3v) is 3.14. The lowest BCUT2D eigenvalue weighted by Crippen LogP contribution is -3.12. The Hall–Kier alpha value is -1.92. The van der Waals surface area contributed by atoms with Crippen LogP contribution in [-0.4, -0.2) is 50.2 Å². The summed E-state index contributed by atoms with van der Waals surface area (Å²) in [5, 5.41) is 4.15. The van der Waals surface area contributed by atoms with Gasteiger partial charge < -0.3 is 4.90 Å². The summed E-state index contributed by atoms with van der Waals surface area (Å²) in [4.78, 5) is 24.9. The molecule has 1 aromatic rings. The van der Waals surface area contributed by atoms with Crippen molar-refractivity contribution < 1.29 is 14.5 Å².